The second-order valence-corrected chi connectivity index (χ2v) is 7.58. The Morgan fingerprint density at radius 1 is 1.31 bits per heavy atom. The fourth-order valence-corrected chi connectivity index (χ4v) is 3.55. The van der Waals surface area contributed by atoms with Crippen LogP contribution in [0, 0.1) is 0 Å². The third-order valence-corrected chi connectivity index (χ3v) is 5.14. The molecule has 0 aliphatic carbocycles. The Bertz CT molecular complexity index is 711. The first kappa shape index (κ1) is 18.8. The van der Waals surface area contributed by atoms with Crippen molar-refractivity contribution in [3.05, 3.63) is 53.9 Å². The molecule has 1 amide bonds. The Morgan fingerprint density at radius 3 is 2.69 bits per heavy atom. The van der Waals surface area contributed by atoms with Gasteiger partial charge in [0.2, 0.25) is 0 Å². The van der Waals surface area contributed by atoms with E-state index in [1.165, 1.54) is 0 Å². The van der Waals surface area contributed by atoms with Crippen LogP contribution in [0.5, 0.6) is 0 Å². The number of carbonyl (C=O) groups excluding carboxylic acids is 1. The number of likely N-dealkylation sites (tertiary alicyclic amines) is 1. The van der Waals surface area contributed by atoms with Gasteiger partial charge in [-0.3, -0.25) is 9.69 Å². The fourth-order valence-electron chi connectivity index (χ4n) is 3.04. The summed E-state index contributed by atoms with van der Waals surface area (Å²) in [5.74, 6) is 0.814. The van der Waals surface area contributed by atoms with E-state index in [1.54, 1.807) is 23.9 Å². The Morgan fingerprint density at radius 2 is 2.04 bits per heavy atom. The zero-order valence-electron chi connectivity index (χ0n) is 14.8. The summed E-state index contributed by atoms with van der Waals surface area (Å²) in [5.41, 5.74) is 1.65. The number of amides is 1. The number of β-amino-alcohol motifs (C(OH)–C–C–N with tert-alkyl or cyclic N) is 1. The van der Waals surface area contributed by atoms with Crippen LogP contribution in [0.4, 0.5) is 0 Å². The highest BCUT2D eigenvalue weighted by atomic mass is 32.2. The Hall–Kier alpha value is -1.96. The molecule has 2 N–H and O–H groups in total. The minimum Gasteiger partial charge on any atom is -0.390 e. The van der Waals surface area contributed by atoms with Crippen LogP contribution < -0.4 is 5.32 Å². The quantitative estimate of drug-likeness (QED) is 0.596. The molecule has 0 saturated carbocycles. The van der Waals surface area contributed by atoms with E-state index >= 15 is 0 Å². The van der Waals surface area contributed by atoms with Gasteiger partial charge in [0.15, 0.2) is 5.16 Å². The molecular formula is C19H24N4O2S. The van der Waals surface area contributed by atoms with Crippen LogP contribution in [-0.2, 0) is 6.54 Å². The van der Waals surface area contributed by atoms with Crippen LogP contribution in [-0.4, -0.2) is 56.9 Å². The number of thioether (sulfide) groups is 1. The van der Waals surface area contributed by atoms with E-state index in [4.69, 9.17) is 0 Å². The van der Waals surface area contributed by atoms with E-state index < -0.39 is 6.10 Å². The van der Waals surface area contributed by atoms with Crippen molar-refractivity contribution >= 4 is 17.7 Å². The van der Waals surface area contributed by atoms with E-state index in [-0.39, 0.29) is 11.9 Å². The van der Waals surface area contributed by atoms with E-state index in [9.17, 15) is 9.90 Å². The van der Waals surface area contributed by atoms with E-state index in [0.29, 0.717) is 25.1 Å². The molecule has 1 saturated heterocycles. The predicted molar refractivity (Wildman–Crippen MR) is 102 cm³/mol. The highest BCUT2D eigenvalue weighted by Gasteiger charge is 2.29. The van der Waals surface area contributed by atoms with Crippen LogP contribution in [0.2, 0.25) is 0 Å². The number of hydrogen-bond acceptors (Lipinski definition) is 6. The summed E-state index contributed by atoms with van der Waals surface area (Å²) in [4.78, 5) is 23.1. The molecule has 1 aromatic carbocycles. The van der Waals surface area contributed by atoms with Gasteiger partial charge in [-0.25, -0.2) is 9.97 Å². The molecule has 1 aliphatic rings. The van der Waals surface area contributed by atoms with Gasteiger partial charge in [0.25, 0.3) is 5.91 Å². The van der Waals surface area contributed by atoms with Crippen molar-refractivity contribution in [1.29, 1.82) is 0 Å². The molecule has 0 bridgehead atoms. The maximum Gasteiger partial charge on any atom is 0.251 e. The number of nitrogens with one attached hydrogen (secondary N) is 1. The fraction of sp³-hybridized carbons (Fsp3) is 0.421. The van der Waals surface area contributed by atoms with Crippen LogP contribution >= 0.6 is 11.8 Å². The van der Waals surface area contributed by atoms with Crippen LogP contribution in [0.3, 0.4) is 0 Å². The van der Waals surface area contributed by atoms with Crippen molar-refractivity contribution in [2.24, 2.45) is 0 Å². The van der Waals surface area contributed by atoms with Crippen LogP contribution in [0.1, 0.15) is 29.3 Å². The van der Waals surface area contributed by atoms with Crippen molar-refractivity contribution in [2.75, 3.05) is 18.8 Å². The molecule has 1 aromatic heterocycles. The third kappa shape index (κ3) is 5.03. The monoisotopic (exact) mass is 372 g/mol. The van der Waals surface area contributed by atoms with Gasteiger partial charge in [-0.2, -0.15) is 0 Å². The Labute approximate surface area is 158 Å². The van der Waals surface area contributed by atoms with E-state index in [2.05, 4.69) is 27.1 Å². The lowest BCUT2D eigenvalue weighted by molar-refractivity contribution is 0.0349. The summed E-state index contributed by atoms with van der Waals surface area (Å²) in [6.07, 6.45) is 3.82. The molecule has 1 fully saturated rings. The van der Waals surface area contributed by atoms with E-state index in [0.717, 1.165) is 23.0 Å². The lowest BCUT2D eigenvalue weighted by Crippen LogP contribution is -2.53. The maximum atomic E-state index is 12.3. The van der Waals surface area contributed by atoms with Gasteiger partial charge in [0.05, 0.1) is 12.1 Å². The largest absolute Gasteiger partial charge is 0.390 e. The molecule has 2 aromatic rings. The van der Waals surface area contributed by atoms with Gasteiger partial charge in [-0.1, -0.05) is 36.9 Å². The third-order valence-electron chi connectivity index (χ3n) is 4.38. The minimum absolute atomic E-state index is 0.138. The van der Waals surface area contributed by atoms with Crippen molar-refractivity contribution < 1.29 is 9.90 Å². The number of aromatic nitrogens is 2. The predicted octanol–water partition coefficient (Wildman–Crippen LogP) is 1.95. The molecule has 6 nitrogen and oxygen atoms in total. The molecule has 2 atom stereocenters. The molecular weight excluding hydrogens is 348 g/mol. The molecule has 2 heterocycles. The van der Waals surface area contributed by atoms with Crippen LogP contribution in [0.15, 0.2) is 47.9 Å². The Kier molecular flexibility index (Phi) is 6.60. The highest BCUT2D eigenvalue weighted by Crippen LogP contribution is 2.16. The maximum absolute atomic E-state index is 12.3. The van der Waals surface area contributed by atoms with Gasteiger partial charge in [0, 0.05) is 43.2 Å². The summed E-state index contributed by atoms with van der Waals surface area (Å²) in [6.45, 7) is 4.10. The molecule has 0 radical (unpaired) electrons. The number of aliphatic hydroxyl groups is 1. The summed E-state index contributed by atoms with van der Waals surface area (Å²) in [6, 6.07) is 8.87. The zero-order chi connectivity index (χ0) is 18.4. The Balaban J connectivity index is 1.51. The second kappa shape index (κ2) is 9.12. The average Bonchev–Trinajstić information content (AvgIpc) is 2.66. The first-order chi connectivity index (χ1) is 12.7. The molecule has 7 heteroatoms. The summed E-state index contributed by atoms with van der Waals surface area (Å²) in [5, 5.41) is 14.2. The smallest absolute Gasteiger partial charge is 0.251 e. The molecule has 26 heavy (non-hydrogen) atoms. The van der Waals surface area contributed by atoms with E-state index in [1.807, 2.05) is 30.6 Å². The number of piperidine rings is 1. The normalized spacial score (nSPS) is 20.7. The number of nitrogens with zero attached hydrogens (tertiary/aromatic N) is 3. The average molecular weight is 372 g/mol. The molecule has 3 rings (SSSR count). The first-order valence-electron chi connectivity index (χ1n) is 8.85. The van der Waals surface area contributed by atoms with Gasteiger partial charge in [-0.05, 0) is 24.3 Å². The van der Waals surface area contributed by atoms with Crippen LogP contribution in [0.25, 0.3) is 0 Å². The van der Waals surface area contributed by atoms with Gasteiger partial charge < -0.3 is 10.4 Å². The van der Waals surface area contributed by atoms with Crippen molar-refractivity contribution in [2.45, 2.75) is 37.2 Å². The molecule has 1 aliphatic heterocycles. The number of carbonyl (C=O) groups is 1. The van der Waals surface area contributed by atoms with Crippen molar-refractivity contribution in [3.8, 4) is 0 Å². The highest BCUT2D eigenvalue weighted by molar-refractivity contribution is 7.99. The molecule has 138 valence electrons. The SMILES string of the molecule is CCSc1ncc(CN2CC[C@@H](NC(=O)c3ccccc3)[C@H](O)C2)cn1. The topological polar surface area (TPSA) is 78.4 Å². The second-order valence-electron chi connectivity index (χ2n) is 6.34. The zero-order valence-corrected chi connectivity index (χ0v) is 15.7. The molecule has 0 unspecified atom stereocenters. The summed E-state index contributed by atoms with van der Waals surface area (Å²) in [7, 11) is 0. The van der Waals surface area contributed by atoms with Gasteiger partial charge >= 0.3 is 0 Å². The number of aliphatic hydroxyl groups excluding tert-OH is 1. The number of benzene rings is 1. The summed E-state index contributed by atoms with van der Waals surface area (Å²) < 4.78 is 0. The number of rotatable bonds is 6. The lowest BCUT2D eigenvalue weighted by Gasteiger charge is -2.36. The molecule has 0 spiro atoms. The van der Waals surface area contributed by atoms with Crippen molar-refractivity contribution in [3.63, 3.8) is 0 Å². The first-order valence-corrected chi connectivity index (χ1v) is 9.84. The van der Waals surface area contributed by atoms with Gasteiger partial charge in [-0.15, -0.1) is 0 Å². The standard InChI is InChI=1S/C19H24N4O2S/c1-2-26-19-20-10-14(11-21-19)12-23-9-8-16(17(24)13-23)22-18(25)15-6-4-3-5-7-15/h3-7,10-11,16-17,24H,2,8-9,12-13H2,1H3,(H,22,25)/t16-,17-/m1/s1. The summed E-state index contributed by atoms with van der Waals surface area (Å²) >= 11 is 1.62. The van der Waals surface area contributed by atoms with Crippen molar-refractivity contribution in [1.82, 2.24) is 20.2 Å². The van der Waals surface area contributed by atoms with Gasteiger partial charge in [0.1, 0.15) is 0 Å². The number of hydrogen-bond donors (Lipinski definition) is 2. The minimum atomic E-state index is -0.591. The lowest BCUT2D eigenvalue weighted by atomic mass is 10.0.